The van der Waals surface area contributed by atoms with Crippen molar-refractivity contribution in [2.24, 2.45) is 5.18 Å². The van der Waals surface area contributed by atoms with Crippen molar-refractivity contribution >= 4 is 39.3 Å². The second-order valence-electron chi connectivity index (χ2n) is 10.5. The van der Waals surface area contributed by atoms with E-state index in [4.69, 9.17) is 4.74 Å². The molecule has 9 nitrogen and oxygen atoms in total. The number of fused-ring (bicyclic) bond motifs is 1. The molecule has 2 fully saturated rings. The zero-order valence-electron chi connectivity index (χ0n) is 22.7. The third-order valence-electron chi connectivity index (χ3n) is 7.66. The Balaban J connectivity index is 1.28. The summed E-state index contributed by atoms with van der Waals surface area (Å²) < 4.78 is 5.39. The van der Waals surface area contributed by atoms with E-state index in [1.807, 2.05) is 18.2 Å². The maximum atomic E-state index is 12.8. The summed E-state index contributed by atoms with van der Waals surface area (Å²) in [6.45, 7) is 6.04. The van der Waals surface area contributed by atoms with Gasteiger partial charge in [-0.2, -0.15) is 10.2 Å². The van der Waals surface area contributed by atoms with Crippen molar-refractivity contribution in [2.45, 2.75) is 38.2 Å². The van der Waals surface area contributed by atoms with Crippen molar-refractivity contribution in [2.75, 3.05) is 44.7 Å². The fraction of sp³-hybridized carbons (Fsp3) is 0.400. The number of thiophene rings is 1. The lowest BCUT2D eigenvalue weighted by Gasteiger charge is -2.34. The van der Waals surface area contributed by atoms with Gasteiger partial charge in [-0.05, 0) is 66.2 Å². The molecule has 0 saturated carbocycles. The summed E-state index contributed by atoms with van der Waals surface area (Å²) in [4.78, 5) is 30.4. The van der Waals surface area contributed by atoms with E-state index in [1.165, 1.54) is 22.4 Å². The largest absolute Gasteiger partial charge is 0.369 e. The van der Waals surface area contributed by atoms with Crippen LogP contribution in [0.25, 0.3) is 26.8 Å². The van der Waals surface area contributed by atoms with Crippen LogP contribution in [0.3, 0.4) is 0 Å². The molecular formula is C30H33N5O4S. The predicted molar refractivity (Wildman–Crippen MR) is 158 cm³/mol. The van der Waals surface area contributed by atoms with E-state index in [0.29, 0.717) is 12.0 Å². The average Bonchev–Trinajstić information content (AvgIpc) is 3.46. The molecule has 0 aliphatic carbocycles. The Labute approximate surface area is 237 Å². The van der Waals surface area contributed by atoms with Crippen molar-refractivity contribution in [1.29, 1.82) is 5.26 Å². The lowest BCUT2D eigenvalue weighted by Crippen LogP contribution is -2.44. The number of amides is 1. The van der Waals surface area contributed by atoms with Gasteiger partial charge in [-0.3, -0.25) is 4.79 Å². The van der Waals surface area contributed by atoms with Gasteiger partial charge in [-0.1, -0.05) is 23.4 Å². The molecule has 2 aliphatic heterocycles. The highest BCUT2D eigenvalue weighted by Crippen LogP contribution is 2.35. The molecule has 0 spiro atoms. The molecule has 1 aromatic heterocycles. The van der Waals surface area contributed by atoms with E-state index in [2.05, 4.69) is 63.7 Å². The van der Waals surface area contributed by atoms with E-state index >= 15 is 0 Å². The fourth-order valence-corrected chi connectivity index (χ4v) is 6.26. The fourth-order valence-electron chi connectivity index (χ4n) is 5.25. The number of nitroso groups, excluding NO2 is 1. The highest BCUT2D eigenvalue weighted by Gasteiger charge is 2.29. The highest BCUT2D eigenvalue weighted by atomic mass is 32.1. The zero-order valence-corrected chi connectivity index (χ0v) is 23.5. The number of hydrogen-bond donors (Lipinski definition) is 2. The quantitative estimate of drug-likeness (QED) is 0.251. The van der Waals surface area contributed by atoms with Crippen LogP contribution in [0.4, 0.5) is 5.69 Å². The summed E-state index contributed by atoms with van der Waals surface area (Å²) in [5.41, 5.74) is 2.94. The molecule has 2 aromatic carbocycles. The molecule has 2 aliphatic rings. The second kappa shape index (κ2) is 12.3. The Hall–Kier alpha value is -3.62. The molecule has 2 N–H and O–H groups in total. The summed E-state index contributed by atoms with van der Waals surface area (Å²) in [6, 6.07) is 18.5. The van der Waals surface area contributed by atoms with Gasteiger partial charge in [0.25, 0.3) is 5.91 Å². The van der Waals surface area contributed by atoms with Crippen LogP contribution in [-0.2, 0) is 9.53 Å². The first-order valence-corrected chi connectivity index (χ1v) is 14.3. The minimum atomic E-state index is -1.09. The Morgan fingerprint density at radius 2 is 1.88 bits per heavy atom. The highest BCUT2D eigenvalue weighted by molar-refractivity contribution is 7.16. The van der Waals surface area contributed by atoms with Crippen LogP contribution in [-0.4, -0.2) is 74.1 Å². The van der Waals surface area contributed by atoms with Gasteiger partial charge in [0.05, 0.1) is 12.1 Å². The zero-order chi connectivity index (χ0) is 28.2. The topological polar surface area (TPSA) is 118 Å². The van der Waals surface area contributed by atoms with E-state index < -0.39 is 24.3 Å². The molecule has 0 bridgehead atoms. The predicted octanol–water partition coefficient (Wildman–Crippen LogP) is 4.37. The summed E-state index contributed by atoms with van der Waals surface area (Å²) in [7, 11) is 2.16. The Kier molecular flexibility index (Phi) is 8.57. The van der Waals surface area contributed by atoms with Crippen molar-refractivity contribution < 1.29 is 14.6 Å². The van der Waals surface area contributed by atoms with Crippen molar-refractivity contribution in [3.63, 3.8) is 0 Å². The van der Waals surface area contributed by atoms with Crippen molar-refractivity contribution in [3.8, 4) is 16.5 Å². The number of carbonyl (C=O) groups is 1. The number of piperazine rings is 1. The standard InChI is InChI=1S/C30H33N5O4S/c1-19(26(17-31)30(37)32-18-25-15-23(33-38)16-29(36)39-25)27-7-8-28(40-27)22-4-3-21-14-24(6-5-20(21)13-22)35-11-9-34(2)10-12-35/h3-8,13-14,23,25,29,36H,9-12,15-16,18H2,1-2H3,(H,32,37)/b26-19+. The first kappa shape index (κ1) is 27.9. The first-order valence-electron chi connectivity index (χ1n) is 13.5. The van der Waals surface area contributed by atoms with E-state index in [1.54, 1.807) is 6.92 Å². The lowest BCUT2D eigenvalue weighted by molar-refractivity contribution is -0.166. The van der Waals surface area contributed by atoms with Crippen LogP contribution in [0.15, 0.2) is 59.3 Å². The van der Waals surface area contributed by atoms with Crippen LogP contribution in [0.5, 0.6) is 0 Å². The number of benzene rings is 2. The van der Waals surface area contributed by atoms with Crippen molar-refractivity contribution in [3.05, 3.63) is 63.9 Å². The van der Waals surface area contributed by atoms with Gasteiger partial charge in [0.2, 0.25) is 0 Å². The SMILES string of the molecule is C/C(=C(/C#N)C(=O)NCC1CC(N=O)CC(O)O1)c1ccc(-c2ccc3cc(N4CCN(C)CC4)ccc3c2)s1. The third-order valence-corrected chi connectivity index (χ3v) is 8.92. The number of ether oxygens (including phenoxy) is 1. The number of nitriles is 1. The number of rotatable bonds is 7. The molecule has 208 valence electrons. The van der Waals surface area contributed by atoms with Crippen molar-refractivity contribution in [1.82, 2.24) is 10.2 Å². The molecule has 3 atom stereocenters. The van der Waals surface area contributed by atoms with Gasteiger partial charge < -0.3 is 25.0 Å². The maximum Gasteiger partial charge on any atom is 0.262 e. The molecule has 3 unspecified atom stereocenters. The number of hydrogen-bond acceptors (Lipinski definition) is 9. The van der Waals surface area contributed by atoms with Gasteiger partial charge in [-0.25, -0.2) is 0 Å². The Bertz CT molecular complexity index is 1470. The maximum absolute atomic E-state index is 12.8. The first-order chi connectivity index (χ1) is 19.3. The molecule has 3 aromatic rings. The third kappa shape index (κ3) is 6.24. The number of carbonyl (C=O) groups excluding carboxylic acids is 1. The molecule has 0 radical (unpaired) electrons. The number of nitrogens with zero attached hydrogens (tertiary/aromatic N) is 4. The molecular weight excluding hydrogens is 526 g/mol. The molecule has 3 heterocycles. The minimum absolute atomic E-state index is 0.0183. The molecule has 10 heteroatoms. The Morgan fingerprint density at radius 1 is 1.12 bits per heavy atom. The monoisotopic (exact) mass is 559 g/mol. The smallest absolute Gasteiger partial charge is 0.262 e. The number of aliphatic hydroxyl groups is 1. The van der Waals surface area contributed by atoms with Gasteiger partial charge in [0.1, 0.15) is 11.6 Å². The van der Waals surface area contributed by atoms with Gasteiger partial charge in [0.15, 0.2) is 6.29 Å². The van der Waals surface area contributed by atoms with Crippen LogP contribution in [0, 0.1) is 16.2 Å². The average molecular weight is 560 g/mol. The van der Waals surface area contributed by atoms with Gasteiger partial charge in [0, 0.05) is 61.0 Å². The van der Waals surface area contributed by atoms with E-state index in [9.17, 15) is 20.1 Å². The number of aliphatic hydroxyl groups excluding tert-OH is 1. The minimum Gasteiger partial charge on any atom is -0.369 e. The molecule has 40 heavy (non-hydrogen) atoms. The van der Waals surface area contributed by atoms with Crippen LogP contribution in [0.2, 0.25) is 0 Å². The van der Waals surface area contributed by atoms with E-state index in [0.717, 1.165) is 46.9 Å². The Morgan fingerprint density at radius 3 is 2.62 bits per heavy atom. The molecule has 2 saturated heterocycles. The van der Waals surface area contributed by atoms with Gasteiger partial charge >= 0.3 is 0 Å². The summed E-state index contributed by atoms with van der Waals surface area (Å²) in [5, 5.41) is 27.6. The van der Waals surface area contributed by atoms with Gasteiger partial charge in [-0.15, -0.1) is 11.3 Å². The normalized spacial score (nSPS) is 22.4. The number of anilines is 1. The van der Waals surface area contributed by atoms with E-state index in [-0.39, 0.29) is 18.5 Å². The number of allylic oxidation sites excluding steroid dienone is 1. The summed E-state index contributed by atoms with van der Waals surface area (Å²) in [5.74, 6) is -0.518. The number of nitrogens with one attached hydrogen (secondary N) is 1. The lowest BCUT2D eigenvalue weighted by atomic mass is 10.0. The summed E-state index contributed by atoms with van der Waals surface area (Å²) in [6.07, 6.45) is -1.19. The number of likely N-dealkylation sites (N-methyl/N-ethyl adjacent to an activating group) is 1. The van der Waals surface area contributed by atoms with Crippen LogP contribution >= 0.6 is 11.3 Å². The second-order valence-corrected chi connectivity index (χ2v) is 11.5. The van der Waals surface area contributed by atoms with Crippen LogP contribution in [0.1, 0.15) is 24.6 Å². The molecule has 1 amide bonds. The summed E-state index contributed by atoms with van der Waals surface area (Å²) >= 11 is 1.53. The molecule has 5 rings (SSSR count). The van der Waals surface area contributed by atoms with Crippen LogP contribution < -0.4 is 10.2 Å².